The molecule has 1 unspecified atom stereocenters. The molecule has 4 heteroatoms. The summed E-state index contributed by atoms with van der Waals surface area (Å²) < 4.78 is 25.8. The third-order valence-corrected chi connectivity index (χ3v) is 3.30. The Morgan fingerprint density at radius 1 is 1.05 bits per heavy atom. The topological polar surface area (TPSA) is 17.1 Å². The van der Waals surface area contributed by atoms with Crippen molar-refractivity contribution in [3.63, 3.8) is 0 Å². The Kier molecular flexibility index (Phi) is 3.96. The van der Waals surface area contributed by atoms with Crippen LogP contribution < -0.4 is 0 Å². The molecule has 2 aromatic rings. The minimum absolute atomic E-state index is 0.328. The van der Waals surface area contributed by atoms with Crippen LogP contribution in [0.3, 0.4) is 0 Å². The van der Waals surface area contributed by atoms with Gasteiger partial charge in [0.15, 0.2) is 5.78 Å². The Bertz CT molecular complexity index is 608. The summed E-state index contributed by atoms with van der Waals surface area (Å²) in [5.41, 5.74) is 1.40. The van der Waals surface area contributed by atoms with Gasteiger partial charge in [-0.2, -0.15) is 0 Å². The molecule has 98 valence electrons. The predicted octanol–water partition coefficient (Wildman–Crippen LogP) is 4.44. The Labute approximate surface area is 114 Å². The molecule has 0 spiro atoms. The smallest absolute Gasteiger partial charge is 0.185 e. The number of ketones is 1. The highest BCUT2D eigenvalue weighted by molar-refractivity contribution is 6.34. The van der Waals surface area contributed by atoms with Crippen molar-refractivity contribution in [2.45, 2.75) is 12.3 Å². The molecule has 0 fully saturated rings. The van der Waals surface area contributed by atoms with E-state index in [2.05, 4.69) is 0 Å². The summed E-state index contributed by atoms with van der Waals surface area (Å²) in [5, 5.41) is -0.912. The van der Waals surface area contributed by atoms with Crippen molar-refractivity contribution in [1.82, 2.24) is 0 Å². The van der Waals surface area contributed by atoms with Gasteiger partial charge in [0.1, 0.15) is 17.0 Å². The number of halogens is 3. The summed E-state index contributed by atoms with van der Waals surface area (Å²) in [6.07, 6.45) is 0. The first kappa shape index (κ1) is 13.7. The van der Waals surface area contributed by atoms with E-state index in [-0.39, 0.29) is 5.78 Å². The largest absolute Gasteiger partial charge is 0.292 e. The molecule has 2 aromatic carbocycles. The molecule has 1 nitrogen and oxygen atoms in total. The van der Waals surface area contributed by atoms with E-state index < -0.39 is 17.0 Å². The van der Waals surface area contributed by atoms with Crippen LogP contribution in [0.4, 0.5) is 8.78 Å². The first-order valence-corrected chi connectivity index (χ1v) is 6.12. The van der Waals surface area contributed by atoms with Gasteiger partial charge in [0.05, 0.1) is 0 Å². The van der Waals surface area contributed by atoms with Crippen LogP contribution in [0.15, 0.2) is 42.5 Å². The summed E-state index contributed by atoms with van der Waals surface area (Å²) >= 11 is 6.09. The fraction of sp³-hybridized carbons (Fsp3) is 0.133. The first-order valence-electron chi connectivity index (χ1n) is 5.69. The molecule has 0 radical (unpaired) electrons. The lowest BCUT2D eigenvalue weighted by atomic mass is 9.99. The molecule has 0 aliphatic rings. The maximum Gasteiger partial charge on any atom is 0.185 e. The fourth-order valence-corrected chi connectivity index (χ4v) is 2.09. The van der Waals surface area contributed by atoms with Gasteiger partial charge in [0.25, 0.3) is 0 Å². The number of carbonyl (C=O) groups is 1. The van der Waals surface area contributed by atoms with Crippen LogP contribution in [0, 0.1) is 18.6 Å². The predicted molar refractivity (Wildman–Crippen MR) is 70.5 cm³/mol. The summed E-state index contributed by atoms with van der Waals surface area (Å²) in [6, 6.07) is 9.32. The Morgan fingerprint density at radius 2 is 1.63 bits per heavy atom. The quantitative estimate of drug-likeness (QED) is 0.600. The average Bonchev–Trinajstić information content (AvgIpc) is 2.38. The van der Waals surface area contributed by atoms with Gasteiger partial charge in [-0.15, -0.1) is 11.6 Å². The highest BCUT2D eigenvalue weighted by Gasteiger charge is 2.21. The van der Waals surface area contributed by atoms with Crippen LogP contribution in [0.25, 0.3) is 0 Å². The SMILES string of the molecule is Cc1cc(F)ccc1C(=O)C(Cl)c1ccc(F)cc1. The summed E-state index contributed by atoms with van der Waals surface area (Å²) in [5.74, 6) is -1.12. The third kappa shape index (κ3) is 2.99. The van der Waals surface area contributed by atoms with Gasteiger partial charge >= 0.3 is 0 Å². The lowest BCUT2D eigenvalue weighted by molar-refractivity contribution is 0.0986. The van der Waals surface area contributed by atoms with Crippen molar-refractivity contribution >= 4 is 17.4 Å². The highest BCUT2D eigenvalue weighted by atomic mass is 35.5. The number of aryl methyl sites for hydroxylation is 1. The van der Waals surface area contributed by atoms with Crippen LogP contribution in [0.2, 0.25) is 0 Å². The monoisotopic (exact) mass is 280 g/mol. The van der Waals surface area contributed by atoms with E-state index in [1.807, 2.05) is 0 Å². The van der Waals surface area contributed by atoms with E-state index in [4.69, 9.17) is 11.6 Å². The molecule has 0 N–H and O–H groups in total. The normalized spacial score (nSPS) is 12.2. The molecule has 19 heavy (non-hydrogen) atoms. The van der Waals surface area contributed by atoms with E-state index >= 15 is 0 Å². The van der Waals surface area contributed by atoms with E-state index in [1.54, 1.807) is 6.92 Å². The van der Waals surface area contributed by atoms with E-state index in [0.717, 1.165) is 0 Å². The lowest BCUT2D eigenvalue weighted by Crippen LogP contribution is -2.09. The highest BCUT2D eigenvalue weighted by Crippen LogP contribution is 2.26. The van der Waals surface area contributed by atoms with Crippen LogP contribution in [-0.2, 0) is 0 Å². The number of rotatable bonds is 3. The van der Waals surface area contributed by atoms with Crippen molar-refractivity contribution in [2.24, 2.45) is 0 Å². The number of hydrogen-bond acceptors (Lipinski definition) is 1. The zero-order valence-corrected chi connectivity index (χ0v) is 10.9. The molecule has 1 atom stereocenters. The zero-order valence-electron chi connectivity index (χ0n) is 10.2. The minimum atomic E-state index is -0.912. The molecule has 0 saturated heterocycles. The zero-order chi connectivity index (χ0) is 14.0. The van der Waals surface area contributed by atoms with E-state index in [0.29, 0.717) is 16.7 Å². The van der Waals surface area contributed by atoms with E-state index in [1.165, 1.54) is 42.5 Å². The first-order chi connectivity index (χ1) is 8.99. The lowest BCUT2D eigenvalue weighted by Gasteiger charge is -2.11. The standard InChI is InChI=1S/C15H11ClF2O/c1-9-8-12(18)6-7-13(9)15(19)14(16)10-2-4-11(17)5-3-10/h2-8,14H,1H3. The maximum atomic E-state index is 13.0. The second kappa shape index (κ2) is 5.49. The van der Waals surface area contributed by atoms with Crippen molar-refractivity contribution in [2.75, 3.05) is 0 Å². The average molecular weight is 281 g/mol. The molecule has 0 heterocycles. The molecule has 0 aromatic heterocycles. The fourth-order valence-electron chi connectivity index (χ4n) is 1.82. The van der Waals surface area contributed by atoms with Crippen LogP contribution in [0.5, 0.6) is 0 Å². The molecular formula is C15H11ClF2O. The van der Waals surface area contributed by atoms with Crippen molar-refractivity contribution in [1.29, 1.82) is 0 Å². The number of benzene rings is 2. The van der Waals surface area contributed by atoms with Crippen molar-refractivity contribution < 1.29 is 13.6 Å². The molecule has 2 rings (SSSR count). The maximum absolute atomic E-state index is 13.0. The second-order valence-electron chi connectivity index (χ2n) is 4.24. The van der Waals surface area contributed by atoms with Gasteiger partial charge in [0, 0.05) is 5.56 Å². The minimum Gasteiger partial charge on any atom is -0.292 e. The molecule has 0 amide bonds. The van der Waals surface area contributed by atoms with Crippen LogP contribution in [-0.4, -0.2) is 5.78 Å². The molecule has 0 aliphatic heterocycles. The Morgan fingerprint density at radius 3 is 2.21 bits per heavy atom. The molecule has 0 bridgehead atoms. The Balaban J connectivity index is 2.30. The molecule has 0 saturated carbocycles. The van der Waals surface area contributed by atoms with Gasteiger partial charge in [-0.3, -0.25) is 4.79 Å². The number of carbonyl (C=O) groups excluding carboxylic acids is 1. The van der Waals surface area contributed by atoms with Gasteiger partial charge in [-0.25, -0.2) is 8.78 Å². The second-order valence-corrected chi connectivity index (χ2v) is 4.67. The summed E-state index contributed by atoms with van der Waals surface area (Å²) in [7, 11) is 0. The molecule has 0 aliphatic carbocycles. The van der Waals surface area contributed by atoms with Crippen molar-refractivity contribution in [3.8, 4) is 0 Å². The summed E-state index contributed by atoms with van der Waals surface area (Å²) in [6.45, 7) is 1.64. The van der Waals surface area contributed by atoms with E-state index in [9.17, 15) is 13.6 Å². The number of Topliss-reactive ketones (excluding diaryl/α,β-unsaturated/α-hetero) is 1. The molecular weight excluding hydrogens is 270 g/mol. The number of alkyl halides is 1. The van der Waals surface area contributed by atoms with Gasteiger partial charge in [0.2, 0.25) is 0 Å². The van der Waals surface area contributed by atoms with Gasteiger partial charge < -0.3 is 0 Å². The van der Waals surface area contributed by atoms with Crippen LogP contribution in [0.1, 0.15) is 26.9 Å². The van der Waals surface area contributed by atoms with Crippen LogP contribution >= 0.6 is 11.6 Å². The van der Waals surface area contributed by atoms with Gasteiger partial charge in [-0.05, 0) is 48.4 Å². The number of hydrogen-bond donors (Lipinski definition) is 0. The van der Waals surface area contributed by atoms with Gasteiger partial charge in [-0.1, -0.05) is 12.1 Å². The Hall–Kier alpha value is -1.74. The van der Waals surface area contributed by atoms with Crippen molar-refractivity contribution in [3.05, 3.63) is 70.8 Å². The summed E-state index contributed by atoms with van der Waals surface area (Å²) in [4.78, 5) is 12.2. The third-order valence-electron chi connectivity index (χ3n) is 2.85.